The summed E-state index contributed by atoms with van der Waals surface area (Å²) in [6.45, 7) is 4.06. The summed E-state index contributed by atoms with van der Waals surface area (Å²) in [6.07, 6.45) is 4.79. The highest BCUT2D eigenvalue weighted by molar-refractivity contribution is 5.79. The largest absolute Gasteiger partial charge is 0.346 e. The van der Waals surface area contributed by atoms with Crippen molar-refractivity contribution in [3.8, 4) is 0 Å². The lowest BCUT2D eigenvalue weighted by Crippen LogP contribution is -2.34. The number of nitrogens with zero attached hydrogens (tertiary/aromatic N) is 2. The third kappa shape index (κ3) is 2.23. The predicted octanol–water partition coefficient (Wildman–Crippen LogP) is 1.42. The maximum Gasteiger partial charge on any atom is 0.223 e. The first-order chi connectivity index (χ1) is 7.68. The summed E-state index contributed by atoms with van der Waals surface area (Å²) >= 11 is 0. The van der Waals surface area contributed by atoms with Gasteiger partial charge in [-0.1, -0.05) is 13.3 Å². The van der Waals surface area contributed by atoms with Crippen molar-refractivity contribution in [3.63, 3.8) is 0 Å². The Morgan fingerprint density at radius 3 is 3.00 bits per heavy atom. The molecule has 0 aliphatic heterocycles. The molecule has 0 spiro atoms. The van der Waals surface area contributed by atoms with E-state index in [4.69, 9.17) is 0 Å². The van der Waals surface area contributed by atoms with E-state index in [1.807, 2.05) is 6.92 Å². The van der Waals surface area contributed by atoms with E-state index in [1.54, 1.807) is 0 Å². The average Bonchev–Trinajstić information content (AvgIpc) is 2.86. The van der Waals surface area contributed by atoms with Gasteiger partial charge in [0.1, 0.15) is 12.2 Å². The Morgan fingerprint density at radius 2 is 2.44 bits per heavy atom. The van der Waals surface area contributed by atoms with Gasteiger partial charge >= 0.3 is 0 Å². The second kappa shape index (κ2) is 4.63. The van der Waals surface area contributed by atoms with Crippen molar-refractivity contribution in [2.45, 2.75) is 39.2 Å². The highest BCUT2D eigenvalue weighted by atomic mass is 16.2. The van der Waals surface area contributed by atoms with E-state index in [2.05, 4.69) is 27.4 Å². The molecule has 88 valence electrons. The molecule has 0 aromatic carbocycles. The van der Waals surface area contributed by atoms with Crippen LogP contribution in [0.1, 0.15) is 45.0 Å². The van der Waals surface area contributed by atoms with Gasteiger partial charge in [0.15, 0.2) is 0 Å². The monoisotopic (exact) mass is 222 g/mol. The summed E-state index contributed by atoms with van der Waals surface area (Å²) in [5.41, 5.74) is 0. The third-order valence-electron chi connectivity index (χ3n) is 3.40. The van der Waals surface area contributed by atoms with E-state index in [0.29, 0.717) is 11.7 Å². The number of amides is 1. The van der Waals surface area contributed by atoms with Crippen LogP contribution in [-0.4, -0.2) is 21.1 Å². The molecule has 0 radical (unpaired) electrons. The minimum atomic E-state index is -0.0946. The molecule has 1 aromatic rings. The van der Waals surface area contributed by atoms with E-state index in [9.17, 15) is 4.79 Å². The van der Waals surface area contributed by atoms with Crippen molar-refractivity contribution in [1.29, 1.82) is 0 Å². The summed E-state index contributed by atoms with van der Waals surface area (Å²) < 4.78 is 0. The molecule has 1 saturated carbocycles. The summed E-state index contributed by atoms with van der Waals surface area (Å²) in [7, 11) is 0. The average molecular weight is 222 g/mol. The molecule has 5 nitrogen and oxygen atoms in total. The van der Waals surface area contributed by atoms with E-state index in [1.165, 1.54) is 6.33 Å². The van der Waals surface area contributed by atoms with Crippen LogP contribution in [-0.2, 0) is 4.79 Å². The van der Waals surface area contributed by atoms with Gasteiger partial charge in [-0.15, -0.1) is 0 Å². The van der Waals surface area contributed by atoms with Gasteiger partial charge in [-0.25, -0.2) is 4.98 Å². The predicted molar refractivity (Wildman–Crippen MR) is 59.4 cm³/mol. The molecule has 1 aromatic heterocycles. The Kier molecular flexibility index (Phi) is 3.22. The Hall–Kier alpha value is -1.39. The van der Waals surface area contributed by atoms with Gasteiger partial charge in [0.25, 0.3) is 0 Å². The molecule has 2 N–H and O–H groups in total. The summed E-state index contributed by atoms with van der Waals surface area (Å²) in [6, 6.07) is -0.0946. The Bertz CT molecular complexity index is 349. The van der Waals surface area contributed by atoms with Crippen LogP contribution < -0.4 is 5.32 Å². The molecular weight excluding hydrogens is 204 g/mol. The molecule has 1 fully saturated rings. The zero-order valence-electron chi connectivity index (χ0n) is 9.73. The van der Waals surface area contributed by atoms with E-state index >= 15 is 0 Å². The molecule has 1 aliphatic rings. The normalized spacial score (nSPS) is 26.6. The molecule has 1 aliphatic carbocycles. The molecule has 16 heavy (non-hydrogen) atoms. The van der Waals surface area contributed by atoms with Crippen molar-refractivity contribution < 1.29 is 4.79 Å². The minimum absolute atomic E-state index is 0.0946. The lowest BCUT2D eigenvalue weighted by molar-refractivity contribution is -0.126. The number of carbonyl (C=O) groups is 1. The zero-order valence-corrected chi connectivity index (χ0v) is 9.73. The van der Waals surface area contributed by atoms with Gasteiger partial charge in [-0.05, 0) is 25.7 Å². The van der Waals surface area contributed by atoms with Crippen molar-refractivity contribution >= 4 is 5.91 Å². The van der Waals surface area contributed by atoms with Gasteiger partial charge in [0, 0.05) is 5.92 Å². The van der Waals surface area contributed by atoms with E-state index in [0.717, 1.165) is 19.3 Å². The van der Waals surface area contributed by atoms with Crippen LogP contribution in [0.5, 0.6) is 0 Å². The minimum Gasteiger partial charge on any atom is -0.346 e. The fourth-order valence-electron chi connectivity index (χ4n) is 2.35. The summed E-state index contributed by atoms with van der Waals surface area (Å²) in [5, 5.41) is 9.53. The lowest BCUT2D eigenvalue weighted by atomic mass is 9.97. The Labute approximate surface area is 95.0 Å². The van der Waals surface area contributed by atoms with Crippen LogP contribution in [0.2, 0.25) is 0 Å². The topological polar surface area (TPSA) is 70.7 Å². The maximum absolute atomic E-state index is 12.0. The smallest absolute Gasteiger partial charge is 0.223 e. The van der Waals surface area contributed by atoms with Crippen molar-refractivity contribution in [1.82, 2.24) is 20.5 Å². The number of nitrogens with one attached hydrogen (secondary N) is 2. The molecule has 3 unspecified atom stereocenters. The van der Waals surface area contributed by atoms with E-state index < -0.39 is 0 Å². The molecule has 1 heterocycles. The molecule has 2 rings (SSSR count). The molecule has 1 amide bonds. The molecule has 0 saturated heterocycles. The second-order valence-corrected chi connectivity index (χ2v) is 4.62. The lowest BCUT2D eigenvalue weighted by Gasteiger charge is -2.18. The number of rotatable bonds is 3. The molecule has 5 heteroatoms. The van der Waals surface area contributed by atoms with Crippen LogP contribution in [0.15, 0.2) is 6.33 Å². The van der Waals surface area contributed by atoms with Gasteiger partial charge < -0.3 is 5.32 Å². The first-order valence-electron chi connectivity index (χ1n) is 5.84. The first kappa shape index (κ1) is 11.1. The standard InChI is InChI=1S/C11H18N4O/c1-7-4-3-5-9(7)11(16)14-8(2)10-12-6-13-15-10/h6-9H,3-5H2,1-2H3,(H,14,16)(H,12,13,15). The fraction of sp³-hybridized carbons (Fsp3) is 0.727. The fourth-order valence-corrected chi connectivity index (χ4v) is 2.35. The van der Waals surface area contributed by atoms with Gasteiger partial charge in [0.05, 0.1) is 6.04 Å². The van der Waals surface area contributed by atoms with Crippen molar-refractivity contribution in [2.24, 2.45) is 11.8 Å². The zero-order chi connectivity index (χ0) is 11.5. The molecular formula is C11H18N4O. The van der Waals surface area contributed by atoms with Gasteiger partial charge in [-0.3, -0.25) is 9.89 Å². The van der Waals surface area contributed by atoms with Crippen LogP contribution in [0.4, 0.5) is 0 Å². The van der Waals surface area contributed by atoms with E-state index in [-0.39, 0.29) is 17.9 Å². The number of aromatic amines is 1. The highest BCUT2D eigenvalue weighted by Gasteiger charge is 2.30. The van der Waals surface area contributed by atoms with Gasteiger partial charge in [-0.2, -0.15) is 5.10 Å². The Balaban J connectivity index is 1.92. The third-order valence-corrected chi connectivity index (χ3v) is 3.40. The number of carbonyl (C=O) groups excluding carboxylic acids is 1. The van der Waals surface area contributed by atoms with Crippen LogP contribution in [0.3, 0.4) is 0 Å². The van der Waals surface area contributed by atoms with Crippen LogP contribution in [0.25, 0.3) is 0 Å². The van der Waals surface area contributed by atoms with Crippen LogP contribution >= 0.6 is 0 Å². The first-order valence-corrected chi connectivity index (χ1v) is 5.84. The quantitative estimate of drug-likeness (QED) is 0.812. The second-order valence-electron chi connectivity index (χ2n) is 4.62. The Morgan fingerprint density at radius 1 is 1.62 bits per heavy atom. The number of H-pyrrole nitrogens is 1. The molecule has 3 atom stereocenters. The number of hydrogen-bond acceptors (Lipinski definition) is 3. The van der Waals surface area contributed by atoms with Crippen molar-refractivity contribution in [2.75, 3.05) is 0 Å². The maximum atomic E-state index is 12.0. The number of hydrogen-bond donors (Lipinski definition) is 2. The summed E-state index contributed by atoms with van der Waals surface area (Å²) in [4.78, 5) is 16.0. The van der Waals surface area contributed by atoms with Crippen molar-refractivity contribution in [3.05, 3.63) is 12.2 Å². The number of aromatic nitrogens is 3. The summed E-state index contributed by atoms with van der Waals surface area (Å²) in [5.74, 6) is 1.53. The SMILES string of the molecule is CC(NC(=O)C1CCCC1C)c1ncn[nH]1. The van der Waals surface area contributed by atoms with Gasteiger partial charge in [0.2, 0.25) is 5.91 Å². The molecule has 0 bridgehead atoms. The highest BCUT2D eigenvalue weighted by Crippen LogP contribution is 2.31. The van der Waals surface area contributed by atoms with Crippen LogP contribution in [0, 0.1) is 11.8 Å².